The third-order valence-corrected chi connectivity index (χ3v) is 6.09. The van der Waals surface area contributed by atoms with Crippen LogP contribution < -0.4 is 5.73 Å². The van der Waals surface area contributed by atoms with E-state index in [9.17, 15) is 0 Å². The van der Waals surface area contributed by atoms with Crippen molar-refractivity contribution in [3.63, 3.8) is 0 Å². The molecule has 2 aliphatic carbocycles. The van der Waals surface area contributed by atoms with Crippen LogP contribution in [-0.4, -0.2) is 55.1 Å². The predicted octanol–water partition coefficient (Wildman–Crippen LogP) is 2.31. The summed E-state index contributed by atoms with van der Waals surface area (Å²) >= 11 is 0. The Kier molecular flexibility index (Phi) is 4.40. The van der Waals surface area contributed by atoms with E-state index in [1.807, 2.05) is 0 Å². The van der Waals surface area contributed by atoms with Gasteiger partial charge in [-0.1, -0.05) is 12.8 Å². The zero-order valence-electron chi connectivity index (χ0n) is 13.5. The van der Waals surface area contributed by atoms with Gasteiger partial charge in [-0.3, -0.25) is 4.90 Å². The van der Waals surface area contributed by atoms with Crippen LogP contribution in [0, 0.1) is 11.8 Å². The van der Waals surface area contributed by atoms with E-state index < -0.39 is 0 Å². The Labute approximate surface area is 124 Å². The molecule has 1 heterocycles. The summed E-state index contributed by atoms with van der Waals surface area (Å²) in [7, 11) is 4.42. The number of hydrogen-bond donors (Lipinski definition) is 1. The quantitative estimate of drug-likeness (QED) is 0.838. The Balaban J connectivity index is 1.72. The smallest absolute Gasteiger partial charge is 0.0337 e. The average Bonchev–Trinajstić information content (AvgIpc) is 3.19. The standard InChI is InChI=1S/C17H33N3/c1-19(2)12-16-6-4-10-20(16)17(13-18)9-3-5-15(11-17)14-7-8-14/h14-16H,3-13,18H2,1-2H3. The molecule has 0 aromatic rings. The van der Waals surface area contributed by atoms with Crippen molar-refractivity contribution in [1.29, 1.82) is 0 Å². The summed E-state index contributed by atoms with van der Waals surface area (Å²) in [5.41, 5.74) is 6.67. The summed E-state index contributed by atoms with van der Waals surface area (Å²) in [5, 5.41) is 0. The van der Waals surface area contributed by atoms with Crippen LogP contribution in [0.25, 0.3) is 0 Å². The van der Waals surface area contributed by atoms with Crippen molar-refractivity contribution in [2.45, 2.75) is 62.9 Å². The highest BCUT2D eigenvalue weighted by Crippen LogP contribution is 2.49. The summed E-state index contributed by atoms with van der Waals surface area (Å²) in [6.07, 6.45) is 11.3. The van der Waals surface area contributed by atoms with E-state index in [1.165, 1.54) is 64.5 Å². The molecule has 0 radical (unpaired) electrons. The van der Waals surface area contributed by atoms with Gasteiger partial charge in [0, 0.05) is 24.7 Å². The topological polar surface area (TPSA) is 32.5 Å². The fourth-order valence-electron chi connectivity index (χ4n) is 4.99. The number of rotatable bonds is 5. The summed E-state index contributed by atoms with van der Waals surface area (Å²) in [4.78, 5) is 5.19. The lowest BCUT2D eigenvalue weighted by Crippen LogP contribution is -2.59. The molecule has 3 unspecified atom stereocenters. The first-order valence-corrected chi connectivity index (χ1v) is 8.76. The molecule has 0 spiro atoms. The van der Waals surface area contributed by atoms with Crippen LogP contribution >= 0.6 is 0 Å². The maximum absolute atomic E-state index is 6.34. The maximum atomic E-state index is 6.34. The second kappa shape index (κ2) is 5.94. The first kappa shape index (κ1) is 14.8. The van der Waals surface area contributed by atoms with Gasteiger partial charge in [-0.05, 0) is 71.0 Å². The number of likely N-dealkylation sites (tertiary alicyclic amines) is 1. The SMILES string of the molecule is CN(C)CC1CCCN1C1(CN)CCCC(C2CC2)C1. The zero-order valence-corrected chi connectivity index (χ0v) is 13.5. The number of nitrogens with two attached hydrogens (primary N) is 1. The van der Waals surface area contributed by atoms with E-state index in [0.717, 1.165) is 24.4 Å². The van der Waals surface area contributed by atoms with Crippen LogP contribution in [0.3, 0.4) is 0 Å². The van der Waals surface area contributed by atoms with E-state index in [0.29, 0.717) is 5.54 Å². The predicted molar refractivity (Wildman–Crippen MR) is 84.7 cm³/mol. The van der Waals surface area contributed by atoms with E-state index in [-0.39, 0.29) is 0 Å². The van der Waals surface area contributed by atoms with E-state index in [1.54, 1.807) is 0 Å². The minimum absolute atomic E-state index is 0.336. The van der Waals surface area contributed by atoms with Gasteiger partial charge < -0.3 is 10.6 Å². The molecule has 20 heavy (non-hydrogen) atoms. The van der Waals surface area contributed by atoms with Crippen LogP contribution in [0.2, 0.25) is 0 Å². The monoisotopic (exact) mass is 279 g/mol. The molecule has 0 aromatic carbocycles. The lowest BCUT2D eigenvalue weighted by molar-refractivity contribution is 0.0145. The molecule has 1 saturated heterocycles. The Morgan fingerprint density at radius 2 is 1.90 bits per heavy atom. The highest BCUT2D eigenvalue weighted by molar-refractivity contribution is 5.03. The largest absolute Gasteiger partial charge is 0.329 e. The molecule has 0 aromatic heterocycles. The van der Waals surface area contributed by atoms with E-state index in [4.69, 9.17) is 5.73 Å². The number of likely N-dealkylation sites (N-methyl/N-ethyl adjacent to an activating group) is 1. The van der Waals surface area contributed by atoms with Crippen molar-refractivity contribution < 1.29 is 0 Å². The molecule has 3 fully saturated rings. The van der Waals surface area contributed by atoms with Crippen LogP contribution in [0.1, 0.15) is 51.4 Å². The van der Waals surface area contributed by atoms with Crippen molar-refractivity contribution in [2.75, 3.05) is 33.7 Å². The molecule has 3 aliphatic rings. The van der Waals surface area contributed by atoms with Crippen molar-refractivity contribution in [1.82, 2.24) is 9.80 Å². The molecule has 3 nitrogen and oxygen atoms in total. The van der Waals surface area contributed by atoms with E-state index in [2.05, 4.69) is 23.9 Å². The van der Waals surface area contributed by atoms with Gasteiger partial charge in [0.1, 0.15) is 0 Å². The molecule has 0 bridgehead atoms. The Morgan fingerprint density at radius 1 is 1.10 bits per heavy atom. The molecule has 3 rings (SSSR count). The Hall–Kier alpha value is -0.120. The van der Waals surface area contributed by atoms with Crippen molar-refractivity contribution in [2.24, 2.45) is 17.6 Å². The van der Waals surface area contributed by atoms with Crippen molar-refractivity contribution in [3.8, 4) is 0 Å². The van der Waals surface area contributed by atoms with Gasteiger partial charge in [0.15, 0.2) is 0 Å². The van der Waals surface area contributed by atoms with Crippen LogP contribution in [0.5, 0.6) is 0 Å². The third kappa shape index (κ3) is 2.90. The van der Waals surface area contributed by atoms with Gasteiger partial charge in [0.05, 0.1) is 0 Å². The fraction of sp³-hybridized carbons (Fsp3) is 1.00. The van der Waals surface area contributed by atoms with Crippen LogP contribution in [-0.2, 0) is 0 Å². The molecular weight excluding hydrogens is 246 g/mol. The third-order valence-electron chi connectivity index (χ3n) is 6.09. The summed E-state index contributed by atoms with van der Waals surface area (Å²) in [5.74, 6) is 2.03. The molecule has 0 amide bonds. The average molecular weight is 279 g/mol. The van der Waals surface area contributed by atoms with Crippen molar-refractivity contribution >= 4 is 0 Å². The van der Waals surface area contributed by atoms with Gasteiger partial charge in [-0.25, -0.2) is 0 Å². The highest BCUT2D eigenvalue weighted by Gasteiger charge is 2.47. The first-order chi connectivity index (χ1) is 9.64. The Morgan fingerprint density at radius 3 is 2.55 bits per heavy atom. The molecule has 2 N–H and O–H groups in total. The normalized spacial score (nSPS) is 39.6. The van der Waals surface area contributed by atoms with Gasteiger partial charge in [-0.15, -0.1) is 0 Å². The number of hydrogen-bond acceptors (Lipinski definition) is 3. The minimum atomic E-state index is 0.336. The van der Waals surface area contributed by atoms with Crippen LogP contribution in [0.15, 0.2) is 0 Å². The second-order valence-corrected chi connectivity index (χ2v) is 7.87. The first-order valence-electron chi connectivity index (χ1n) is 8.76. The summed E-state index contributed by atoms with van der Waals surface area (Å²) in [6, 6.07) is 0.742. The maximum Gasteiger partial charge on any atom is 0.0337 e. The zero-order chi connectivity index (χ0) is 14.2. The van der Waals surface area contributed by atoms with E-state index >= 15 is 0 Å². The molecule has 1 aliphatic heterocycles. The molecule has 2 saturated carbocycles. The lowest BCUT2D eigenvalue weighted by Gasteiger charge is -2.49. The van der Waals surface area contributed by atoms with Gasteiger partial charge in [0.2, 0.25) is 0 Å². The fourth-order valence-corrected chi connectivity index (χ4v) is 4.99. The minimum Gasteiger partial charge on any atom is -0.329 e. The van der Waals surface area contributed by atoms with Gasteiger partial charge >= 0.3 is 0 Å². The van der Waals surface area contributed by atoms with Crippen LogP contribution in [0.4, 0.5) is 0 Å². The molecule has 3 atom stereocenters. The van der Waals surface area contributed by atoms with Gasteiger partial charge in [0.25, 0.3) is 0 Å². The summed E-state index contributed by atoms with van der Waals surface area (Å²) < 4.78 is 0. The Bertz CT molecular complexity index is 326. The van der Waals surface area contributed by atoms with Crippen molar-refractivity contribution in [3.05, 3.63) is 0 Å². The highest BCUT2D eigenvalue weighted by atomic mass is 15.3. The second-order valence-electron chi connectivity index (χ2n) is 7.87. The molecule has 116 valence electrons. The molecular formula is C17H33N3. The summed E-state index contributed by atoms with van der Waals surface area (Å²) in [6.45, 7) is 3.36. The number of nitrogens with zero attached hydrogens (tertiary/aromatic N) is 2. The lowest BCUT2D eigenvalue weighted by atomic mass is 9.72. The van der Waals surface area contributed by atoms with Gasteiger partial charge in [-0.2, -0.15) is 0 Å². The molecule has 3 heteroatoms.